The summed E-state index contributed by atoms with van der Waals surface area (Å²) in [5.74, 6) is 1.22. The van der Waals surface area contributed by atoms with E-state index in [1.807, 2.05) is 18.2 Å². The highest BCUT2D eigenvalue weighted by molar-refractivity contribution is 5.81. The summed E-state index contributed by atoms with van der Waals surface area (Å²) in [7, 11) is 0. The second-order valence-electron chi connectivity index (χ2n) is 5.82. The molecule has 1 amide bonds. The molecule has 2 atom stereocenters. The van der Waals surface area contributed by atoms with Gasteiger partial charge in [-0.3, -0.25) is 4.79 Å². The SMILES string of the molecule is CC(Oc1cccc(C(C)C)c1)C(=O)N1CC[C@@H](N)C1. The first kappa shape index (κ1) is 14.9. The average molecular weight is 276 g/mol. The van der Waals surface area contributed by atoms with Crippen LogP contribution in [0.15, 0.2) is 24.3 Å². The Balaban J connectivity index is 1.98. The molecule has 4 nitrogen and oxygen atoms in total. The zero-order valence-electron chi connectivity index (χ0n) is 12.5. The van der Waals surface area contributed by atoms with Crippen molar-refractivity contribution in [1.29, 1.82) is 0 Å². The van der Waals surface area contributed by atoms with Crippen LogP contribution in [0.4, 0.5) is 0 Å². The topological polar surface area (TPSA) is 55.6 Å². The number of likely N-dealkylation sites (tertiary alicyclic amines) is 1. The van der Waals surface area contributed by atoms with Gasteiger partial charge in [-0.15, -0.1) is 0 Å². The summed E-state index contributed by atoms with van der Waals surface area (Å²) in [6.45, 7) is 7.45. The number of carbonyl (C=O) groups excluding carboxylic acids is 1. The first-order valence-electron chi connectivity index (χ1n) is 7.28. The summed E-state index contributed by atoms with van der Waals surface area (Å²) in [6.07, 6.45) is 0.407. The molecule has 4 heteroatoms. The number of hydrogen-bond donors (Lipinski definition) is 1. The van der Waals surface area contributed by atoms with Gasteiger partial charge in [-0.1, -0.05) is 26.0 Å². The summed E-state index contributed by atoms with van der Waals surface area (Å²) in [5, 5.41) is 0. The van der Waals surface area contributed by atoms with Gasteiger partial charge in [0.15, 0.2) is 6.10 Å². The Hall–Kier alpha value is -1.55. The molecule has 20 heavy (non-hydrogen) atoms. The highest BCUT2D eigenvalue weighted by atomic mass is 16.5. The molecule has 0 aliphatic carbocycles. The molecule has 1 heterocycles. The molecule has 1 unspecified atom stereocenters. The molecule has 0 aromatic heterocycles. The number of nitrogens with two attached hydrogens (primary N) is 1. The van der Waals surface area contributed by atoms with E-state index < -0.39 is 6.10 Å². The van der Waals surface area contributed by atoms with Crippen LogP contribution in [0.3, 0.4) is 0 Å². The van der Waals surface area contributed by atoms with Crippen LogP contribution in [0.25, 0.3) is 0 Å². The summed E-state index contributed by atoms with van der Waals surface area (Å²) in [6, 6.07) is 8.04. The van der Waals surface area contributed by atoms with Gasteiger partial charge in [0.1, 0.15) is 5.75 Å². The van der Waals surface area contributed by atoms with E-state index in [2.05, 4.69) is 19.9 Å². The quantitative estimate of drug-likeness (QED) is 0.916. The molecule has 1 aliphatic rings. The summed E-state index contributed by atoms with van der Waals surface area (Å²) < 4.78 is 5.78. The third kappa shape index (κ3) is 3.51. The van der Waals surface area contributed by atoms with Crippen LogP contribution in [0, 0.1) is 0 Å². The van der Waals surface area contributed by atoms with Crippen LogP contribution >= 0.6 is 0 Å². The molecule has 1 aliphatic heterocycles. The highest BCUT2D eigenvalue weighted by Gasteiger charge is 2.28. The molecule has 110 valence electrons. The van der Waals surface area contributed by atoms with Crippen molar-refractivity contribution in [2.75, 3.05) is 13.1 Å². The number of benzene rings is 1. The van der Waals surface area contributed by atoms with Crippen LogP contribution < -0.4 is 10.5 Å². The zero-order valence-corrected chi connectivity index (χ0v) is 12.5. The van der Waals surface area contributed by atoms with Gasteiger partial charge in [0.25, 0.3) is 5.91 Å². The Morgan fingerprint density at radius 1 is 1.40 bits per heavy atom. The van der Waals surface area contributed by atoms with Gasteiger partial charge >= 0.3 is 0 Å². The Morgan fingerprint density at radius 3 is 2.75 bits per heavy atom. The molecule has 1 fully saturated rings. The van der Waals surface area contributed by atoms with Crippen LogP contribution in [0.5, 0.6) is 5.75 Å². The number of nitrogens with zero attached hydrogens (tertiary/aromatic N) is 1. The van der Waals surface area contributed by atoms with Crippen molar-refractivity contribution in [3.63, 3.8) is 0 Å². The van der Waals surface area contributed by atoms with Crippen LogP contribution in [-0.4, -0.2) is 36.0 Å². The molecule has 0 radical (unpaired) electrons. The molecule has 2 N–H and O–H groups in total. The minimum absolute atomic E-state index is 0.0212. The van der Waals surface area contributed by atoms with E-state index in [4.69, 9.17) is 10.5 Å². The monoisotopic (exact) mass is 276 g/mol. The maximum atomic E-state index is 12.3. The van der Waals surface area contributed by atoms with E-state index in [-0.39, 0.29) is 11.9 Å². The molecule has 0 spiro atoms. The van der Waals surface area contributed by atoms with Crippen LogP contribution in [0.1, 0.15) is 38.7 Å². The third-order valence-corrected chi connectivity index (χ3v) is 3.72. The van der Waals surface area contributed by atoms with Gasteiger partial charge in [-0.05, 0) is 37.0 Å². The van der Waals surface area contributed by atoms with Crippen molar-refractivity contribution in [2.45, 2.75) is 45.3 Å². The van der Waals surface area contributed by atoms with Crippen molar-refractivity contribution in [1.82, 2.24) is 4.90 Å². The predicted octanol–water partition coefficient (Wildman–Crippen LogP) is 2.14. The van der Waals surface area contributed by atoms with E-state index in [0.29, 0.717) is 12.5 Å². The molecular weight excluding hydrogens is 252 g/mol. The van der Waals surface area contributed by atoms with Gasteiger partial charge in [-0.25, -0.2) is 0 Å². The lowest BCUT2D eigenvalue weighted by atomic mass is 10.0. The van der Waals surface area contributed by atoms with Crippen molar-refractivity contribution in [3.05, 3.63) is 29.8 Å². The Bertz CT molecular complexity index is 473. The second kappa shape index (κ2) is 6.27. The lowest BCUT2D eigenvalue weighted by Crippen LogP contribution is -2.40. The summed E-state index contributed by atoms with van der Waals surface area (Å²) >= 11 is 0. The molecule has 1 saturated heterocycles. The van der Waals surface area contributed by atoms with E-state index in [1.165, 1.54) is 5.56 Å². The minimum Gasteiger partial charge on any atom is -0.481 e. The normalized spacial score (nSPS) is 20.2. The Morgan fingerprint density at radius 2 is 2.15 bits per heavy atom. The van der Waals surface area contributed by atoms with E-state index in [9.17, 15) is 4.79 Å². The third-order valence-electron chi connectivity index (χ3n) is 3.72. The number of ether oxygens (including phenoxy) is 1. The molecule has 0 saturated carbocycles. The molecule has 2 rings (SSSR count). The minimum atomic E-state index is -0.470. The first-order valence-corrected chi connectivity index (χ1v) is 7.28. The Kier molecular flexibility index (Phi) is 4.65. The van der Waals surface area contributed by atoms with E-state index in [0.717, 1.165) is 18.7 Å². The van der Waals surface area contributed by atoms with Crippen LogP contribution in [-0.2, 0) is 4.79 Å². The lowest BCUT2D eigenvalue weighted by Gasteiger charge is -2.22. The standard InChI is InChI=1S/C16H24N2O2/c1-11(2)13-5-4-6-15(9-13)20-12(3)16(19)18-8-7-14(17)10-18/h4-6,9,11-12,14H,7-8,10,17H2,1-3H3/t12?,14-/m1/s1. The number of amides is 1. The number of rotatable bonds is 4. The maximum Gasteiger partial charge on any atom is 0.263 e. The number of carbonyl (C=O) groups is 1. The largest absolute Gasteiger partial charge is 0.481 e. The van der Waals surface area contributed by atoms with Gasteiger partial charge in [-0.2, -0.15) is 0 Å². The number of hydrogen-bond acceptors (Lipinski definition) is 3. The summed E-state index contributed by atoms with van der Waals surface area (Å²) in [5.41, 5.74) is 7.05. The maximum absolute atomic E-state index is 12.3. The fraction of sp³-hybridized carbons (Fsp3) is 0.562. The van der Waals surface area contributed by atoms with E-state index >= 15 is 0 Å². The van der Waals surface area contributed by atoms with E-state index in [1.54, 1.807) is 11.8 Å². The van der Waals surface area contributed by atoms with Gasteiger partial charge in [0.2, 0.25) is 0 Å². The molecule has 1 aromatic rings. The second-order valence-corrected chi connectivity index (χ2v) is 5.82. The predicted molar refractivity (Wildman–Crippen MR) is 79.8 cm³/mol. The summed E-state index contributed by atoms with van der Waals surface area (Å²) in [4.78, 5) is 14.1. The van der Waals surface area contributed by atoms with Crippen molar-refractivity contribution in [2.24, 2.45) is 5.73 Å². The average Bonchev–Trinajstić information content (AvgIpc) is 2.84. The molecule has 0 bridgehead atoms. The fourth-order valence-electron chi connectivity index (χ4n) is 2.45. The van der Waals surface area contributed by atoms with Gasteiger partial charge in [0, 0.05) is 19.1 Å². The Labute approximate surface area is 120 Å². The zero-order chi connectivity index (χ0) is 14.7. The van der Waals surface area contributed by atoms with Gasteiger partial charge < -0.3 is 15.4 Å². The first-order chi connectivity index (χ1) is 9.47. The fourth-order valence-corrected chi connectivity index (χ4v) is 2.45. The lowest BCUT2D eigenvalue weighted by molar-refractivity contribution is -0.136. The van der Waals surface area contributed by atoms with Crippen LogP contribution in [0.2, 0.25) is 0 Å². The smallest absolute Gasteiger partial charge is 0.263 e. The molecular formula is C16H24N2O2. The van der Waals surface area contributed by atoms with Crippen molar-refractivity contribution < 1.29 is 9.53 Å². The highest BCUT2D eigenvalue weighted by Crippen LogP contribution is 2.21. The van der Waals surface area contributed by atoms with Gasteiger partial charge in [0.05, 0.1) is 0 Å². The molecule has 1 aromatic carbocycles. The van der Waals surface area contributed by atoms with Crippen molar-refractivity contribution >= 4 is 5.91 Å². The van der Waals surface area contributed by atoms with Crippen molar-refractivity contribution in [3.8, 4) is 5.75 Å².